The van der Waals surface area contributed by atoms with Crippen LogP contribution in [0.3, 0.4) is 0 Å². The highest BCUT2D eigenvalue weighted by Gasteiger charge is 2.45. The number of piperidine rings is 2. The van der Waals surface area contributed by atoms with Gasteiger partial charge in [0, 0.05) is 33.0 Å². The molecular weight excluding hydrogens is 364 g/mol. The smallest absolute Gasteiger partial charge is 0.243 e. The Hall–Kier alpha value is -2.24. The van der Waals surface area contributed by atoms with Crippen molar-refractivity contribution in [3.05, 3.63) is 29.8 Å². The van der Waals surface area contributed by atoms with Gasteiger partial charge >= 0.3 is 0 Å². The van der Waals surface area contributed by atoms with Gasteiger partial charge in [0.15, 0.2) is 0 Å². The molecule has 27 heavy (non-hydrogen) atoms. The third-order valence-corrected chi connectivity index (χ3v) is 7.78. The molecule has 1 aromatic rings. The lowest BCUT2D eigenvalue weighted by atomic mass is 9.67. The van der Waals surface area contributed by atoms with Crippen LogP contribution in [0.25, 0.3) is 0 Å². The van der Waals surface area contributed by atoms with E-state index in [1.54, 1.807) is 7.05 Å². The molecule has 0 aromatic heterocycles. The zero-order chi connectivity index (χ0) is 19.8. The molecule has 2 atom stereocenters. The summed E-state index contributed by atoms with van der Waals surface area (Å²) in [7, 11) is -2.03. The van der Waals surface area contributed by atoms with Gasteiger partial charge in [0.25, 0.3) is 0 Å². The fourth-order valence-corrected chi connectivity index (χ4v) is 5.57. The van der Waals surface area contributed by atoms with E-state index in [0.29, 0.717) is 37.3 Å². The largest absolute Gasteiger partial charge is 0.304 e. The second-order valence-corrected chi connectivity index (χ2v) is 9.68. The number of hydrogen-bond acceptors (Lipinski definition) is 5. The molecule has 0 saturated carbocycles. The summed E-state index contributed by atoms with van der Waals surface area (Å²) < 4.78 is 27.5. The zero-order valence-electron chi connectivity index (χ0n) is 15.6. The minimum absolute atomic E-state index is 0.0254. The van der Waals surface area contributed by atoms with E-state index in [1.165, 1.54) is 33.5 Å². The SMILES string of the molecule is CN1C(=N)C[C@](C)(C2CCCN(S(=O)(=O)c3ccc(C#N)cc3)C2)CC1=O. The molecule has 1 N–H and O–H groups in total. The Balaban J connectivity index is 1.82. The van der Waals surface area contributed by atoms with Crippen molar-refractivity contribution >= 4 is 21.8 Å². The lowest BCUT2D eigenvalue weighted by molar-refractivity contribution is -0.131. The van der Waals surface area contributed by atoms with Crippen LogP contribution in [0.5, 0.6) is 0 Å². The molecule has 2 heterocycles. The first kappa shape index (κ1) is 19.5. The number of benzene rings is 1. The molecule has 8 heteroatoms. The minimum atomic E-state index is -3.65. The summed E-state index contributed by atoms with van der Waals surface area (Å²) >= 11 is 0. The van der Waals surface area contributed by atoms with Gasteiger partial charge in [-0.3, -0.25) is 10.2 Å². The molecule has 1 unspecified atom stereocenters. The summed E-state index contributed by atoms with van der Waals surface area (Å²) in [5, 5.41) is 17.0. The number of carbonyl (C=O) groups is 1. The third kappa shape index (κ3) is 3.62. The van der Waals surface area contributed by atoms with Gasteiger partial charge in [-0.25, -0.2) is 8.42 Å². The maximum atomic E-state index is 13.0. The van der Waals surface area contributed by atoms with Crippen LogP contribution >= 0.6 is 0 Å². The molecule has 7 nitrogen and oxygen atoms in total. The van der Waals surface area contributed by atoms with E-state index in [2.05, 4.69) is 0 Å². The van der Waals surface area contributed by atoms with Crippen molar-refractivity contribution in [1.82, 2.24) is 9.21 Å². The maximum Gasteiger partial charge on any atom is 0.243 e. The number of carbonyl (C=O) groups excluding carboxylic acids is 1. The molecule has 2 saturated heterocycles. The van der Waals surface area contributed by atoms with Crippen LogP contribution < -0.4 is 0 Å². The van der Waals surface area contributed by atoms with E-state index < -0.39 is 15.4 Å². The van der Waals surface area contributed by atoms with Crippen molar-refractivity contribution in [3.8, 4) is 6.07 Å². The summed E-state index contributed by atoms with van der Waals surface area (Å²) in [5.74, 6) is 0.235. The summed E-state index contributed by atoms with van der Waals surface area (Å²) in [6.07, 6.45) is 2.39. The lowest BCUT2D eigenvalue weighted by Crippen LogP contribution is -2.51. The Kier molecular flexibility index (Phi) is 5.10. The summed E-state index contributed by atoms with van der Waals surface area (Å²) in [6.45, 7) is 2.79. The Morgan fingerprint density at radius 3 is 2.52 bits per heavy atom. The molecule has 2 aliphatic rings. The molecule has 0 bridgehead atoms. The van der Waals surface area contributed by atoms with Gasteiger partial charge in [0.1, 0.15) is 5.84 Å². The molecule has 144 valence electrons. The van der Waals surface area contributed by atoms with Crippen molar-refractivity contribution in [2.24, 2.45) is 11.3 Å². The predicted molar refractivity (Wildman–Crippen MR) is 100 cm³/mol. The van der Waals surface area contributed by atoms with Gasteiger partial charge in [-0.05, 0) is 48.4 Å². The van der Waals surface area contributed by atoms with Gasteiger partial charge in [0.2, 0.25) is 15.9 Å². The first-order valence-corrected chi connectivity index (χ1v) is 10.5. The second kappa shape index (κ2) is 7.06. The minimum Gasteiger partial charge on any atom is -0.304 e. The molecule has 2 fully saturated rings. The Labute approximate surface area is 160 Å². The lowest BCUT2D eigenvalue weighted by Gasteiger charge is -2.46. The topological polar surface area (TPSA) is 105 Å². The average Bonchev–Trinajstić information content (AvgIpc) is 2.66. The van der Waals surface area contributed by atoms with Crippen LogP contribution in [-0.4, -0.2) is 49.5 Å². The highest BCUT2D eigenvalue weighted by molar-refractivity contribution is 7.89. The highest BCUT2D eigenvalue weighted by atomic mass is 32.2. The summed E-state index contributed by atoms with van der Waals surface area (Å²) in [4.78, 5) is 13.8. The van der Waals surface area contributed by atoms with Gasteiger partial charge in [-0.1, -0.05) is 6.92 Å². The number of likely N-dealkylation sites (tertiary alicyclic amines) is 1. The molecule has 1 aromatic carbocycles. The normalized spacial score (nSPS) is 27.4. The van der Waals surface area contributed by atoms with Crippen molar-refractivity contribution in [1.29, 1.82) is 10.7 Å². The van der Waals surface area contributed by atoms with E-state index in [0.717, 1.165) is 12.8 Å². The Bertz CT molecular complexity index is 884. The molecule has 1 amide bonds. The summed E-state index contributed by atoms with van der Waals surface area (Å²) in [5.41, 5.74) is 0.0147. The maximum absolute atomic E-state index is 13.0. The first-order chi connectivity index (χ1) is 12.7. The van der Waals surface area contributed by atoms with Gasteiger partial charge in [-0.15, -0.1) is 0 Å². The predicted octanol–water partition coefficient (Wildman–Crippen LogP) is 2.19. The highest BCUT2D eigenvalue weighted by Crippen LogP contribution is 2.44. The zero-order valence-corrected chi connectivity index (χ0v) is 16.4. The number of nitrogens with zero attached hydrogens (tertiary/aromatic N) is 3. The number of hydrogen-bond donors (Lipinski definition) is 1. The number of sulfonamides is 1. The fourth-order valence-electron chi connectivity index (χ4n) is 4.05. The second-order valence-electron chi connectivity index (χ2n) is 7.75. The van der Waals surface area contributed by atoms with Crippen molar-refractivity contribution in [3.63, 3.8) is 0 Å². The molecular formula is C19H24N4O3S. The average molecular weight is 388 g/mol. The van der Waals surface area contributed by atoms with Crippen LogP contribution in [0.4, 0.5) is 0 Å². The first-order valence-electron chi connectivity index (χ1n) is 9.02. The van der Waals surface area contributed by atoms with E-state index in [4.69, 9.17) is 10.7 Å². The van der Waals surface area contributed by atoms with E-state index >= 15 is 0 Å². The Morgan fingerprint density at radius 2 is 1.93 bits per heavy atom. The molecule has 0 radical (unpaired) electrons. The number of rotatable bonds is 3. The van der Waals surface area contributed by atoms with E-state index in [-0.39, 0.29) is 16.7 Å². The van der Waals surface area contributed by atoms with Crippen LogP contribution in [0.1, 0.15) is 38.2 Å². The van der Waals surface area contributed by atoms with Crippen LogP contribution in [0, 0.1) is 28.1 Å². The number of amidine groups is 1. The monoisotopic (exact) mass is 388 g/mol. The molecule has 3 rings (SSSR count). The van der Waals surface area contributed by atoms with Crippen LogP contribution in [-0.2, 0) is 14.8 Å². The van der Waals surface area contributed by atoms with Crippen LogP contribution in [0.2, 0.25) is 0 Å². The molecule has 0 spiro atoms. The van der Waals surface area contributed by atoms with Gasteiger partial charge in [0.05, 0.1) is 16.5 Å². The Morgan fingerprint density at radius 1 is 1.26 bits per heavy atom. The van der Waals surface area contributed by atoms with Crippen molar-refractivity contribution < 1.29 is 13.2 Å². The van der Waals surface area contributed by atoms with E-state index in [1.807, 2.05) is 13.0 Å². The third-order valence-electron chi connectivity index (χ3n) is 5.90. The fraction of sp³-hybridized carbons (Fsp3) is 0.526. The number of amides is 1. The molecule has 0 aliphatic carbocycles. The van der Waals surface area contributed by atoms with Crippen molar-refractivity contribution in [2.75, 3.05) is 20.1 Å². The number of nitrogens with one attached hydrogen (secondary N) is 1. The van der Waals surface area contributed by atoms with E-state index in [9.17, 15) is 13.2 Å². The molecule has 2 aliphatic heterocycles. The van der Waals surface area contributed by atoms with Crippen LogP contribution in [0.15, 0.2) is 29.2 Å². The quantitative estimate of drug-likeness (QED) is 0.857. The standard InChI is InChI=1S/C19H24N4O3S/c1-19(10-17(21)22(2)18(24)11-19)15-4-3-9-23(13-15)27(25,26)16-7-5-14(12-20)6-8-16/h5-8,15,21H,3-4,9-11,13H2,1-2H3/t15?,19-/m0/s1. The van der Waals surface area contributed by atoms with Gasteiger partial charge < -0.3 is 4.90 Å². The van der Waals surface area contributed by atoms with Gasteiger partial charge in [-0.2, -0.15) is 9.57 Å². The summed E-state index contributed by atoms with van der Waals surface area (Å²) in [6, 6.07) is 7.93. The van der Waals surface area contributed by atoms with Crippen molar-refractivity contribution in [2.45, 2.75) is 37.5 Å². The number of nitriles is 1.